The second-order valence-electron chi connectivity index (χ2n) is 4.28. The van der Waals surface area contributed by atoms with E-state index in [1.807, 2.05) is 0 Å². The van der Waals surface area contributed by atoms with Crippen LogP contribution in [-0.4, -0.2) is 19.1 Å². The summed E-state index contributed by atoms with van der Waals surface area (Å²) in [6.45, 7) is -0.0621. The molecule has 20 heavy (non-hydrogen) atoms. The third-order valence-corrected chi connectivity index (χ3v) is 3.81. The van der Waals surface area contributed by atoms with Crippen LogP contribution in [0.25, 0.3) is 10.2 Å². The smallest absolute Gasteiger partial charge is 0.308 e. The maximum Gasteiger partial charge on any atom is 0.331 e. The molecule has 0 aliphatic heterocycles. The molecule has 102 valence electrons. The number of hydrogen-bond acceptors (Lipinski definition) is 5. The Morgan fingerprint density at radius 3 is 2.90 bits per heavy atom. The number of thiophene rings is 1. The second-order valence-corrected chi connectivity index (χ2v) is 5.20. The van der Waals surface area contributed by atoms with E-state index in [4.69, 9.17) is 0 Å². The average molecular weight is 290 g/mol. The molecule has 3 heterocycles. The van der Waals surface area contributed by atoms with Gasteiger partial charge in [0.15, 0.2) is 0 Å². The lowest BCUT2D eigenvalue weighted by molar-refractivity contribution is 0.621. The van der Waals surface area contributed by atoms with E-state index in [1.54, 1.807) is 18.5 Å². The van der Waals surface area contributed by atoms with Gasteiger partial charge < -0.3 is 9.55 Å². The van der Waals surface area contributed by atoms with E-state index < -0.39 is 11.2 Å². The molecule has 0 radical (unpaired) electrons. The standard InChI is InChI=1S/C12H10N4O3S/c1-15-4-2-9(17)16(12(15)19)6-8-13-7-3-5-20-10(7)11(18)14-8/h2-5H,6H2,1H3,(H,13,14,18). The van der Waals surface area contributed by atoms with Crippen molar-refractivity contribution in [3.8, 4) is 0 Å². The van der Waals surface area contributed by atoms with Gasteiger partial charge in [-0.2, -0.15) is 0 Å². The van der Waals surface area contributed by atoms with Gasteiger partial charge in [-0.15, -0.1) is 11.3 Å². The highest BCUT2D eigenvalue weighted by atomic mass is 32.1. The third-order valence-electron chi connectivity index (χ3n) is 2.91. The minimum atomic E-state index is -0.453. The number of fused-ring (bicyclic) bond motifs is 1. The van der Waals surface area contributed by atoms with Crippen molar-refractivity contribution >= 4 is 21.6 Å². The maximum atomic E-state index is 11.9. The maximum absolute atomic E-state index is 11.9. The van der Waals surface area contributed by atoms with Crippen LogP contribution in [-0.2, 0) is 13.6 Å². The molecule has 0 saturated heterocycles. The van der Waals surface area contributed by atoms with Crippen molar-refractivity contribution in [2.24, 2.45) is 7.05 Å². The Kier molecular flexibility index (Phi) is 2.87. The molecule has 0 aliphatic rings. The van der Waals surface area contributed by atoms with Crippen LogP contribution in [0.5, 0.6) is 0 Å². The molecule has 0 aromatic carbocycles. The van der Waals surface area contributed by atoms with Crippen molar-refractivity contribution in [2.75, 3.05) is 0 Å². The van der Waals surface area contributed by atoms with Gasteiger partial charge in [-0.3, -0.25) is 14.2 Å². The molecular formula is C12H10N4O3S. The Bertz CT molecular complexity index is 963. The van der Waals surface area contributed by atoms with Crippen molar-refractivity contribution in [1.29, 1.82) is 0 Å². The minimum absolute atomic E-state index is 0.0621. The van der Waals surface area contributed by atoms with E-state index in [9.17, 15) is 14.4 Å². The van der Waals surface area contributed by atoms with E-state index in [-0.39, 0.29) is 17.9 Å². The minimum Gasteiger partial charge on any atom is -0.308 e. The number of nitrogens with one attached hydrogen (secondary N) is 1. The fourth-order valence-electron chi connectivity index (χ4n) is 1.91. The van der Waals surface area contributed by atoms with E-state index >= 15 is 0 Å². The van der Waals surface area contributed by atoms with E-state index in [0.29, 0.717) is 10.2 Å². The summed E-state index contributed by atoms with van der Waals surface area (Å²) in [6.07, 6.45) is 1.40. The highest BCUT2D eigenvalue weighted by Gasteiger charge is 2.08. The number of nitrogens with zero attached hydrogens (tertiary/aromatic N) is 3. The van der Waals surface area contributed by atoms with Crippen molar-refractivity contribution < 1.29 is 0 Å². The molecule has 0 unspecified atom stereocenters. The van der Waals surface area contributed by atoms with Crippen LogP contribution in [0.15, 0.2) is 38.1 Å². The van der Waals surface area contributed by atoms with Crippen LogP contribution in [0.3, 0.4) is 0 Å². The monoisotopic (exact) mass is 290 g/mol. The number of hydrogen-bond donors (Lipinski definition) is 1. The molecule has 0 atom stereocenters. The van der Waals surface area contributed by atoms with E-state index in [2.05, 4.69) is 9.97 Å². The lowest BCUT2D eigenvalue weighted by Crippen LogP contribution is -2.38. The van der Waals surface area contributed by atoms with Gasteiger partial charge in [0.1, 0.15) is 10.5 Å². The molecule has 0 aliphatic carbocycles. The number of aromatic nitrogens is 4. The summed E-state index contributed by atoms with van der Waals surface area (Å²) < 4.78 is 2.85. The molecular weight excluding hydrogens is 280 g/mol. The van der Waals surface area contributed by atoms with E-state index in [0.717, 1.165) is 4.57 Å². The Morgan fingerprint density at radius 1 is 1.30 bits per heavy atom. The van der Waals surface area contributed by atoms with Crippen LogP contribution < -0.4 is 16.8 Å². The van der Waals surface area contributed by atoms with Gasteiger partial charge in [-0.05, 0) is 11.4 Å². The number of aryl methyl sites for hydroxylation is 1. The van der Waals surface area contributed by atoms with Gasteiger partial charge in [0.2, 0.25) is 0 Å². The number of rotatable bonds is 2. The molecule has 3 aromatic rings. The third kappa shape index (κ3) is 1.99. The molecule has 0 fully saturated rings. The normalized spacial score (nSPS) is 11.1. The van der Waals surface area contributed by atoms with Gasteiger partial charge >= 0.3 is 5.69 Å². The number of aromatic amines is 1. The predicted molar refractivity (Wildman–Crippen MR) is 75.3 cm³/mol. The topological polar surface area (TPSA) is 89.8 Å². The quantitative estimate of drug-likeness (QED) is 0.713. The van der Waals surface area contributed by atoms with Crippen molar-refractivity contribution in [2.45, 2.75) is 6.54 Å². The molecule has 1 N–H and O–H groups in total. The molecule has 0 bridgehead atoms. The molecule has 7 nitrogen and oxygen atoms in total. The lowest BCUT2D eigenvalue weighted by atomic mass is 10.4. The Labute approximate surface area is 115 Å². The Hall–Kier alpha value is -2.48. The molecule has 3 rings (SSSR count). The fourth-order valence-corrected chi connectivity index (χ4v) is 2.63. The molecule has 0 amide bonds. The van der Waals surface area contributed by atoms with E-state index in [1.165, 1.54) is 28.2 Å². The Morgan fingerprint density at radius 2 is 2.10 bits per heavy atom. The van der Waals surface area contributed by atoms with Crippen LogP contribution >= 0.6 is 11.3 Å². The van der Waals surface area contributed by atoms with Crippen LogP contribution in [0.1, 0.15) is 5.82 Å². The first-order valence-corrected chi connectivity index (χ1v) is 6.67. The van der Waals surface area contributed by atoms with Gasteiger partial charge in [0, 0.05) is 19.3 Å². The van der Waals surface area contributed by atoms with Crippen LogP contribution in [0, 0.1) is 0 Å². The van der Waals surface area contributed by atoms with Crippen LogP contribution in [0.2, 0.25) is 0 Å². The summed E-state index contributed by atoms with van der Waals surface area (Å²) in [6, 6.07) is 3.02. The highest BCUT2D eigenvalue weighted by Crippen LogP contribution is 2.13. The Balaban J connectivity index is 2.15. The van der Waals surface area contributed by atoms with Crippen molar-refractivity contribution in [3.05, 3.63) is 60.7 Å². The second kappa shape index (κ2) is 4.57. The highest BCUT2D eigenvalue weighted by molar-refractivity contribution is 7.17. The van der Waals surface area contributed by atoms with Crippen molar-refractivity contribution in [1.82, 2.24) is 19.1 Å². The summed E-state index contributed by atoms with van der Waals surface area (Å²) in [5.74, 6) is 0.284. The van der Waals surface area contributed by atoms with Crippen molar-refractivity contribution in [3.63, 3.8) is 0 Å². The summed E-state index contributed by atoms with van der Waals surface area (Å²) in [5.41, 5.74) is -0.581. The predicted octanol–water partition coefficient (Wildman–Crippen LogP) is -0.107. The molecule has 8 heteroatoms. The molecule has 3 aromatic heterocycles. The summed E-state index contributed by atoms with van der Waals surface area (Å²) in [4.78, 5) is 42.3. The van der Waals surface area contributed by atoms with Gasteiger partial charge in [0.05, 0.1) is 12.1 Å². The summed E-state index contributed by atoms with van der Waals surface area (Å²) in [5, 5.41) is 1.77. The zero-order chi connectivity index (χ0) is 14.3. The first kappa shape index (κ1) is 12.5. The molecule has 0 spiro atoms. The van der Waals surface area contributed by atoms with Gasteiger partial charge in [-0.1, -0.05) is 0 Å². The van der Waals surface area contributed by atoms with Crippen LogP contribution in [0.4, 0.5) is 0 Å². The summed E-state index contributed by atoms with van der Waals surface area (Å²) >= 11 is 1.30. The zero-order valence-corrected chi connectivity index (χ0v) is 11.3. The van der Waals surface area contributed by atoms with Gasteiger partial charge in [0.25, 0.3) is 11.1 Å². The zero-order valence-electron chi connectivity index (χ0n) is 10.5. The fraction of sp³-hybridized carbons (Fsp3) is 0.167. The lowest BCUT2D eigenvalue weighted by Gasteiger charge is -2.05. The largest absolute Gasteiger partial charge is 0.331 e. The average Bonchev–Trinajstić information content (AvgIpc) is 2.88. The SMILES string of the molecule is Cn1ccc(=O)n(Cc2nc3ccsc3c(=O)[nH]2)c1=O. The first-order valence-electron chi connectivity index (χ1n) is 5.79. The van der Waals surface area contributed by atoms with Gasteiger partial charge in [-0.25, -0.2) is 9.78 Å². The summed E-state index contributed by atoms with van der Waals surface area (Å²) in [7, 11) is 1.55. The first-order chi connectivity index (χ1) is 9.56. The number of H-pyrrole nitrogens is 1. The molecule has 0 saturated carbocycles.